The van der Waals surface area contributed by atoms with Crippen LogP contribution in [0.15, 0.2) is 24.5 Å². The number of allylic oxidation sites excluding steroid dienone is 2. The normalized spacial score (nSPS) is 26.8. The van der Waals surface area contributed by atoms with Gasteiger partial charge in [0, 0.05) is 26.3 Å². The minimum Gasteiger partial charge on any atom is -0.342 e. The van der Waals surface area contributed by atoms with Crippen LogP contribution in [0.3, 0.4) is 0 Å². The fourth-order valence-corrected chi connectivity index (χ4v) is 4.31. The van der Waals surface area contributed by atoms with Crippen LogP contribution in [-0.4, -0.2) is 39.6 Å². The molecule has 2 aliphatic rings. The van der Waals surface area contributed by atoms with E-state index in [1.54, 1.807) is 17.1 Å². The number of aromatic nitrogens is 2. The SMILES string of the molecule is CCCN(CCC)C(=O)[C@@H]1[C@H](C(=O)Nc2cnn(C)c2)[C@H]2C=C[C@H]1C2. The number of amides is 2. The molecule has 0 saturated heterocycles. The van der Waals surface area contributed by atoms with E-state index >= 15 is 0 Å². The summed E-state index contributed by atoms with van der Waals surface area (Å²) in [6, 6.07) is 0. The molecule has 136 valence electrons. The zero-order chi connectivity index (χ0) is 18.0. The summed E-state index contributed by atoms with van der Waals surface area (Å²) < 4.78 is 1.66. The highest BCUT2D eigenvalue weighted by atomic mass is 16.2. The average molecular weight is 344 g/mol. The summed E-state index contributed by atoms with van der Waals surface area (Å²) in [5.74, 6) is -0.0641. The van der Waals surface area contributed by atoms with E-state index in [0.29, 0.717) is 5.69 Å². The number of hydrogen-bond donors (Lipinski definition) is 1. The number of anilines is 1. The van der Waals surface area contributed by atoms with Crippen molar-refractivity contribution in [2.24, 2.45) is 30.7 Å². The molecule has 0 unspecified atom stereocenters. The van der Waals surface area contributed by atoms with Gasteiger partial charge in [0.05, 0.1) is 23.7 Å². The Morgan fingerprint density at radius 2 is 1.84 bits per heavy atom. The quantitative estimate of drug-likeness (QED) is 0.773. The molecule has 1 heterocycles. The zero-order valence-electron chi connectivity index (χ0n) is 15.3. The Labute approximate surface area is 149 Å². The van der Waals surface area contributed by atoms with E-state index in [2.05, 4.69) is 36.4 Å². The van der Waals surface area contributed by atoms with Crippen LogP contribution in [0, 0.1) is 23.7 Å². The highest BCUT2D eigenvalue weighted by Gasteiger charge is 2.52. The lowest BCUT2D eigenvalue weighted by Gasteiger charge is -2.31. The summed E-state index contributed by atoms with van der Waals surface area (Å²) in [6.07, 6.45) is 10.5. The first kappa shape index (κ1) is 17.7. The number of carbonyl (C=O) groups is 2. The number of carbonyl (C=O) groups excluding carboxylic acids is 2. The van der Waals surface area contributed by atoms with Gasteiger partial charge in [0.1, 0.15) is 0 Å². The van der Waals surface area contributed by atoms with E-state index in [4.69, 9.17) is 0 Å². The van der Waals surface area contributed by atoms with Crippen molar-refractivity contribution in [1.82, 2.24) is 14.7 Å². The summed E-state index contributed by atoms with van der Waals surface area (Å²) in [6.45, 7) is 5.70. The fraction of sp³-hybridized carbons (Fsp3) is 0.632. The molecule has 25 heavy (non-hydrogen) atoms. The maximum absolute atomic E-state index is 13.2. The lowest BCUT2D eigenvalue weighted by molar-refractivity contribution is -0.141. The molecule has 0 spiro atoms. The first-order chi connectivity index (χ1) is 12.0. The molecule has 4 atom stereocenters. The van der Waals surface area contributed by atoms with Crippen molar-refractivity contribution in [1.29, 1.82) is 0 Å². The Kier molecular flexibility index (Phi) is 5.25. The molecule has 0 aliphatic heterocycles. The van der Waals surface area contributed by atoms with Crippen LogP contribution in [0.2, 0.25) is 0 Å². The van der Waals surface area contributed by atoms with E-state index in [1.165, 1.54) is 0 Å². The predicted molar refractivity (Wildman–Crippen MR) is 96.7 cm³/mol. The summed E-state index contributed by atoms with van der Waals surface area (Å²) in [4.78, 5) is 28.0. The third kappa shape index (κ3) is 3.48. The molecular weight excluding hydrogens is 316 g/mol. The Morgan fingerprint density at radius 1 is 1.20 bits per heavy atom. The molecule has 0 radical (unpaired) electrons. The molecule has 1 N–H and O–H groups in total. The number of rotatable bonds is 7. The number of aryl methyl sites for hydroxylation is 1. The van der Waals surface area contributed by atoms with Crippen molar-refractivity contribution in [3.8, 4) is 0 Å². The molecule has 2 aliphatic carbocycles. The van der Waals surface area contributed by atoms with Gasteiger partial charge >= 0.3 is 0 Å². The maximum atomic E-state index is 13.2. The summed E-state index contributed by atoms with van der Waals surface area (Å²) >= 11 is 0. The smallest absolute Gasteiger partial charge is 0.228 e. The third-order valence-electron chi connectivity index (χ3n) is 5.32. The van der Waals surface area contributed by atoms with Gasteiger partial charge < -0.3 is 10.2 Å². The van der Waals surface area contributed by atoms with Gasteiger partial charge in [-0.1, -0.05) is 26.0 Å². The molecule has 1 aromatic heterocycles. The molecule has 0 aromatic carbocycles. The molecule has 3 rings (SSSR count). The van der Waals surface area contributed by atoms with Crippen LogP contribution in [0.4, 0.5) is 5.69 Å². The van der Waals surface area contributed by atoms with E-state index in [-0.39, 0.29) is 35.5 Å². The first-order valence-corrected chi connectivity index (χ1v) is 9.31. The highest BCUT2D eigenvalue weighted by Crippen LogP contribution is 2.49. The maximum Gasteiger partial charge on any atom is 0.228 e. The Balaban J connectivity index is 1.78. The zero-order valence-corrected chi connectivity index (χ0v) is 15.3. The monoisotopic (exact) mass is 344 g/mol. The minimum atomic E-state index is -0.279. The number of nitrogens with zero attached hydrogens (tertiary/aromatic N) is 3. The fourth-order valence-electron chi connectivity index (χ4n) is 4.31. The van der Waals surface area contributed by atoms with Crippen LogP contribution in [0.1, 0.15) is 33.1 Å². The van der Waals surface area contributed by atoms with Crippen molar-refractivity contribution in [3.05, 3.63) is 24.5 Å². The molecule has 2 bridgehead atoms. The van der Waals surface area contributed by atoms with Gasteiger partial charge in [-0.2, -0.15) is 5.10 Å². The summed E-state index contributed by atoms with van der Waals surface area (Å²) in [5, 5.41) is 7.04. The van der Waals surface area contributed by atoms with E-state index in [0.717, 1.165) is 32.4 Å². The van der Waals surface area contributed by atoms with E-state index in [9.17, 15) is 9.59 Å². The highest BCUT2D eigenvalue weighted by molar-refractivity contribution is 5.97. The van der Waals surface area contributed by atoms with Gasteiger partial charge in [-0.25, -0.2) is 0 Å². The molecule has 1 fully saturated rings. The van der Waals surface area contributed by atoms with Crippen molar-refractivity contribution in [2.75, 3.05) is 18.4 Å². The van der Waals surface area contributed by atoms with Crippen LogP contribution in [0.25, 0.3) is 0 Å². The van der Waals surface area contributed by atoms with E-state index in [1.807, 2.05) is 11.9 Å². The molecule has 6 heteroatoms. The van der Waals surface area contributed by atoms with Crippen molar-refractivity contribution in [3.63, 3.8) is 0 Å². The first-order valence-electron chi connectivity index (χ1n) is 9.31. The second-order valence-electron chi connectivity index (χ2n) is 7.22. The van der Waals surface area contributed by atoms with Gasteiger partial charge in [-0.3, -0.25) is 14.3 Å². The third-order valence-corrected chi connectivity index (χ3v) is 5.32. The van der Waals surface area contributed by atoms with Crippen LogP contribution in [0.5, 0.6) is 0 Å². The second kappa shape index (κ2) is 7.42. The Hall–Kier alpha value is -2.11. The minimum absolute atomic E-state index is 0.0591. The van der Waals surface area contributed by atoms with Crippen LogP contribution < -0.4 is 5.32 Å². The van der Waals surface area contributed by atoms with Gasteiger partial charge in [-0.15, -0.1) is 0 Å². The second-order valence-corrected chi connectivity index (χ2v) is 7.22. The standard InChI is InChI=1S/C19H28N4O2/c1-4-8-23(9-5-2)19(25)17-14-7-6-13(10-14)16(17)18(24)21-15-11-20-22(3)12-15/h6-7,11-14,16-17H,4-5,8-10H2,1-3H3,(H,21,24)/t13-,14-,16+,17-/m0/s1. The van der Waals surface area contributed by atoms with Crippen molar-refractivity contribution in [2.45, 2.75) is 33.1 Å². The molecule has 1 aromatic rings. The van der Waals surface area contributed by atoms with Crippen LogP contribution >= 0.6 is 0 Å². The summed E-state index contributed by atoms with van der Waals surface area (Å²) in [7, 11) is 1.82. The molecule has 6 nitrogen and oxygen atoms in total. The topological polar surface area (TPSA) is 67.2 Å². The van der Waals surface area contributed by atoms with Gasteiger partial charge in [0.25, 0.3) is 0 Å². The van der Waals surface area contributed by atoms with Gasteiger partial charge in [0.15, 0.2) is 0 Å². The number of nitrogens with one attached hydrogen (secondary N) is 1. The summed E-state index contributed by atoms with van der Waals surface area (Å²) in [5.41, 5.74) is 0.685. The molecule has 1 saturated carbocycles. The van der Waals surface area contributed by atoms with Gasteiger partial charge in [0.2, 0.25) is 11.8 Å². The molecular formula is C19H28N4O2. The average Bonchev–Trinajstić information content (AvgIpc) is 3.29. The molecule has 2 amide bonds. The number of hydrogen-bond acceptors (Lipinski definition) is 3. The van der Waals surface area contributed by atoms with Crippen LogP contribution in [-0.2, 0) is 16.6 Å². The largest absolute Gasteiger partial charge is 0.342 e. The van der Waals surface area contributed by atoms with E-state index < -0.39 is 0 Å². The Bertz CT molecular complexity index is 660. The lowest BCUT2D eigenvalue weighted by atomic mass is 9.81. The Morgan fingerprint density at radius 3 is 2.40 bits per heavy atom. The lowest BCUT2D eigenvalue weighted by Crippen LogP contribution is -2.44. The number of fused-ring (bicyclic) bond motifs is 2. The van der Waals surface area contributed by atoms with Gasteiger partial charge in [-0.05, 0) is 31.1 Å². The van der Waals surface area contributed by atoms with Crippen molar-refractivity contribution < 1.29 is 9.59 Å². The van der Waals surface area contributed by atoms with Crippen molar-refractivity contribution >= 4 is 17.5 Å². The predicted octanol–water partition coefficient (Wildman–Crippen LogP) is 2.45.